The van der Waals surface area contributed by atoms with Gasteiger partial charge in [-0.05, 0) is 42.0 Å². The molecule has 1 unspecified atom stereocenters. The average molecular weight is 400 g/mol. The second-order valence-electron chi connectivity index (χ2n) is 5.97. The fraction of sp³-hybridized carbons (Fsp3) is 0.150. The van der Waals surface area contributed by atoms with Crippen LogP contribution in [0.5, 0.6) is 0 Å². The third-order valence-corrected chi connectivity index (χ3v) is 4.96. The highest BCUT2D eigenvalue weighted by atomic mass is 35.5. The molecule has 0 saturated carbocycles. The molecule has 1 aromatic heterocycles. The Kier molecular flexibility index (Phi) is 6.21. The molecule has 27 heavy (non-hydrogen) atoms. The van der Waals surface area contributed by atoms with Crippen molar-refractivity contribution >= 4 is 40.4 Å². The summed E-state index contributed by atoms with van der Waals surface area (Å²) in [6, 6.07) is 14.2. The lowest BCUT2D eigenvalue weighted by Gasteiger charge is -2.18. The maximum atomic E-state index is 12.5. The van der Waals surface area contributed by atoms with Gasteiger partial charge in [0.05, 0.1) is 12.5 Å². The Morgan fingerprint density at radius 2 is 1.81 bits per heavy atom. The number of nitrogens with one attached hydrogen (secondary N) is 2. The van der Waals surface area contributed by atoms with Crippen molar-refractivity contribution in [1.82, 2.24) is 10.3 Å². The highest BCUT2D eigenvalue weighted by molar-refractivity contribution is 7.13. The monoisotopic (exact) mass is 399 g/mol. The molecule has 138 valence electrons. The minimum atomic E-state index is -0.422. The largest absolute Gasteiger partial charge is 0.349 e. The van der Waals surface area contributed by atoms with E-state index in [9.17, 15) is 9.59 Å². The third kappa shape index (κ3) is 5.39. The van der Waals surface area contributed by atoms with Gasteiger partial charge in [0.15, 0.2) is 0 Å². The maximum Gasteiger partial charge on any atom is 0.226 e. The first-order valence-electron chi connectivity index (χ1n) is 8.33. The van der Waals surface area contributed by atoms with Gasteiger partial charge in [-0.2, -0.15) is 0 Å². The van der Waals surface area contributed by atoms with E-state index in [1.807, 2.05) is 29.6 Å². The summed E-state index contributed by atoms with van der Waals surface area (Å²) in [5.41, 5.74) is 2.52. The van der Waals surface area contributed by atoms with Gasteiger partial charge in [-0.25, -0.2) is 4.98 Å². The molecule has 5 nitrogen and oxygen atoms in total. The van der Waals surface area contributed by atoms with E-state index >= 15 is 0 Å². The van der Waals surface area contributed by atoms with Gasteiger partial charge in [-0.3, -0.25) is 9.59 Å². The van der Waals surface area contributed by atoms with E-state index in [-0.39, 0.29) is 18.2 Å². The summed E-state index contributed by atoms with van der Waals surface area (Å²) in [6.07, 6.45) is 1.88. The number of hydrogen-bond donors (Lipinski definition) is 2. The topological polar surface area (TPSA) is 71.1 Å². The summed E-state index contributed by atoms with van der Waals surface area (Å²) in [5, 5.41) is 9.13. The van der Waals surface area contributed by atoms with Crippen LogP contribution in [0, 0.1) is 0 Å². The number of rotatable bonds is 6. The van der Waals surface area contributed by atoms with E-state index in [1.54, 1.807) is 41.8 Å². The van der Waals surface area contributed by atoms with Crippen LogP contribution in [-0.4, -0.2) is 16.8 Å². The molecule has 0 radical (unpaired) electrons. The average Bonchev–Trinajstić information content (AvgIpc) is 3.17. The number of anilines is 1. The molecule has 3 aromatic rings. The van der Waals surface area contributed by atoms with Crippen LogP contribution in [0.3, 0.4) is 0 Å². The first kappa shape index (κ1) is 19.1. The van der Waals surface area contributed by atoms with Gasteiger partial charge < -0.3 is 10.6 Å². The lowest BCUT2D eigenvalue weighted by molar-refractivity contribution is -0.120. The van der Waals surface area contributed by atoms with Crippen LogP contribution in [0.4, 0.5) is 5.69 Å². The molecule has 0 aliphatic rings. The summed E-state index contributed by atoms with van der Waals surface area (Å²) in [6.45, 7) is 1.43. The molecule has 7 heteroatoms. The normalized spacial score (nSPS) is 11.6. The number of carbonyl (C=O) groups is 2. The zero-order chi connectivity index (χ0) is 19.2. The van der Waals surface area contributed by atoms with E-state index in [4.69, 9.17) is 11.6 Å². The zero-order valence-corrected chi connectivity index (χ0v) is 16.2. The molecule has 3 rings (SSSR count). The van der Waals surface area contributed by atoms with Crippen molar-refractivity contribution in [2.45, 2.75) is 19.4 Å². The van der Waals surface area contributed by atoms with Crippen molar-refractivity contribution in [3.8, 4) is 10.6 Å². The van der Waals surface area contributed by atoms with Gasteiger partial charge in [0, 0.05) is 34.8 Å². The van der Waals surface area contributed by atoms with E-state index in [1.165, 1.54) is 6.92 Å². The molecule has 0 aliphatic heterocycles. The molecule has 0 fully saturated rings. The van der Waals surface area contributed by atoms with Gasteiger partial charge >= 0.3 is 0 Å². The first-order valence-corrected chi connectivity index (χ1v) is 9.59. The van der Waals surface area contributed by atoms with Crippen LogP contribution in [0.25, 0.3) is 10.6 Å². The standard InChI is InChI=1S/C20H18ClN3O2S/c1-13(25)23-18(14-2-6-16(21)7-3-14)12-19(26)24-17-8-4-15(5-9-17)20-22-10-11-27-20/h2-11,18H,12H2,1H3,(H,23,25)(H,24,26). The second kappa shape index (κ2) is 8.79. The van der Waals surface area contributed by atoms with Gasteiger partial charge in [0.2, 0.25) is 11.8 Å². The smallest absolute Gasteiger partial charge is 0.226 e. The highest BCUT2D eigenvalue weighted by Crippen LogP contribution is 2.24. The number of nitrogens with zero attached hydrogens (tertiary/aromatic N) is 1. The highest BCUT2D eigenvalue weighted by Gasteiger charge is 2.17. The Morgan fingerprint density at radius 1 is 1.11 bits per heavy atom. The lowest BCUT2D eigenvalue weighted by atomic mass is 10.0. The Labute approximate surface area is 166 Å². The molecular weight excluding hydrogens is 382 g/mol. The number of halogens is 1. The summed E-state index contributed by atoms with van der Waals surface area (Å²) in [7, 11) is 0. The number of aromatic nitrogens is 1. The van der Waals surface area contributed by atoms with Crippen molar-refractivity contribution in [2.24, 2.45) is 0 Å². The Morgan fingerprint density at radius 3 is 2.41 bits per heavy atom. The number of hydrogen-bond acceptors (Lipinski definition) is 4. The Balaban J connectivity index is 1.66. The predicted molar refractivity (Wildman–Crippen MR) is 109 cm³/mol. The summed E-state index contributed by atoms with van der Waals surface area (Å²) in [5.74, 6) is -0.388. The van der Waals surface area contributed by atoms with E-state index in [0.717, 1.165) is 16.1 Å². The van der Waals surface area contributed by atoms with Crippen molar-refractivity contribution in [3.63, 3.8) is 0 Å². The molecule has 2 amide bonds. The van der Waals surface area contributed by atoms with Gasteiger partial charge in [0.1, 0.15) is 5.01 Å². The van der Waals surface area contributed by atoms with Crippen molar-refractivity contribution in [3.05, 3.63) is 70.7 Å². The minimum Gasteiger partial charge on any atom is -0.349 e. The van der Waals surface area contributed by atoms with Gasteiger partial charge in [0.25, 0.3) is 0 Å². The molecule has 0 aliphatic carbocycles. The molecule has 1 atom stereocenters. The fourth-order valence-electron chi connectivity index (χ4n) is 2.65. The summed E-state index contributed by atoms with van der Waals surface area (Å²) in [4.78, 5) is 28.2. The van der Waals surface area contributed by atoms with Gasteiger partial charge in [-0.15, -0.1) is 11.3 Å². The van der Waals surface area contributed by atoms with Gasteiger partial charge in [-0.1, -0.05) is 23.7 Å². The minimum absolute atomic E-state index is 0.120. The van der Waals surface area contributed by atoms with Crippen molar-refractivity contribution in [1.29, 1.82) is 0 Å². The Hall–Kier alpha value is -2.70. The molecule has 2 aromatic carbocycles. The van der Waals surface area contributed by atoms with Crippen LogP contribution in [0.15, 0.2) is 60.1 Å². The number of carbonyl (C=O) groups excluding carboxylic acids is 2. The van der Waals surface area contributed by atoms with E-state index < -0.39 is 6.04 Å². The molecule has 1 heterocycles. The predicted octanol–water partition coefficient (Wildman–Crippen LogP) is 4.67. The molecule has 0 saturated heterocycles. The summed E-state index contributed by atoms with van der Waals surface area (Å²) >= 11 is 7.47. The van der Waals surface area contributed by atoms with Crippen LogP contribution in [0.2, 0.25) is 5.02 Å². The molecule has 0 spiro atoms. The number of amides is 2. The van der Waals surface area contributed by atoms with Crippen LogP contribution in [0.1, 0.15) is 24.9 Å². The van der Waals surface area contributed by atoms with E-state index in [2.05, 4.69) is 15.6 Å². The maximum absolute atomic E-state index is 12.5. The Bertz CT molecular complexity index is 909. The van der Waals surface area contributed by atoms with Crippen molar-refractivity contribution in [2.75, 3.05) is 5.32 Å². The van der Waals surface area contributed by atoms with Crippen molar-refractivity contribution < 1.29 is 9.59 Å². The zero-order valence-electron chi connectivity index (χ0n) is 14.6. The second-order valence-corrected chi connectivity index (χ2v) is 7.30. The molecule has 0 bridgehead atoms. The van der Waals surface area contributed by atoms with Crippen LogP contribution in [-0.2, 0) is 9.59 Å². The summed E-state index contributed by atoms with van der Waals surface area (Å²) < 4.78 is 0. The van der Waals surface area contributed by atoms with Crippen LogP contribution < -0.4 is 10.6 Å². The fourth-order valence-corrected chi connectivity index (χ4v) is 3.42. The van der Waals surface area contributed by atoms with Crippen LogP contribution >= 0.6 is 22.9 Å². The first-order chi connectivity index (χ1) is 13.0. The quantitative estimate of drug-likeness (QED) is 0.632. The SMILES string of the molecule is CC(=O)NC(CC(=O)Nc1ccc(-c2nccs2)cc1)c1ccc(Cl)cc1. The number of benzene rings is 2. The lowest BCUT2D eigenvalue weighted by Crippen LogP contribution is -2.29. The molecular formula is C20H18ClN3O2S. The number of thiazole rings is 1. The van der Waals surface area contributed by atoms with E-state index in [0.29, 0.717) is 10.7 Å². The third-order valence-electron chi connectivity index (χ3n) is 3.89. The molecule has 2 N–H and O–H groups in total.